The lowest BCUT2D eigenvalue weighted by molar-refractivity contribution is -0.123. The molecule has 1 fully saturated rings. The van der Waals surface area contributed by atoms with Gasteiger partial charge in [-0.2, -0.15) is 0 Å². The Labute approximate surface area is 59.0 Å². The van der Waals surface area contributed by atoms with E-state index in [-0.39, 0.29) is 18.4 Å². The highest BCUT2D eigenvalue weighted by Crippen LogP contribution is 2.04. The van der Waals surface area contributed by atoms with Crippen LogP contribution in [-0.4, -0.2) is 24.8 Å². The molecular weight excluding hydrogens is 135 g/mol. The van der Waals surface area contributed by atoms with Crippen LogP contribution in [0.2, 0.25) is 0 Å². The quantitative estimate of drug-likeness (QED) is 0.537. The van der Waals surface area contributed by atoms with Crippen molar-refractivity contribution in [1.82, 2.24) is 10.6 Å². The van der Waals surface area contributed by atoms with E-state index in [1.165, 1.54) is 6.92 Å². The van der Waals surface area contributed by atoms with E-state index in [1.54, 1.807) is 0 Å². The van der Waals surface area contributed by atoms with E-state index < -0.39 is 6.17 Å². The lowest BCUT2D eigenvalue weighted by Gasteiger charge is -2.24. The first-order chi connectivity index (χ1) is 4.70. The fraction of sp³-hybridized carbons (Fsp3) is 0.833. The van der Waals surface area contributed by atoms with E-state index in [9.17, 15) is 9.18 Å². The van der Waals surface area contributed by atoms with E-state index in [2.05, 4.69) is 10.6 Å². The van der Waals surface area contributed by atoms with Gasteiger partial charge in [0, 0.05) is 12.5 Å². The Kier molecular flexibility index (Phi) is 2.21. The molecule has 1 saturated heterocycles. The molecule has 0 bridgehead atoms. The van der Waals surface area contributed by atoms with Gasteiger partial charge in [0.25, 0.3) is 0 Å². The van der Waals surface area contributed by atoms with Gasteiger partial charge in [-0.25, -0.2) is 4.39 Å². The molecule has 1 amide bonds. The highest BCUT2D eigenvalue weighted by atomic mass is 19.1. The van der Waals surface area contributed by atoms with Crippen LogP contribution in [0.1, 0.15) is 13.3 Å². The SMILES string of the molecule is CC(F)C1CC(=O)NCN1. The van der Waals surface area contributed by atoms with E-state index in [0.717, 1.165) is 0 Å². The number of halogens is 1. The second kappa shape index (κ2) is 2.96. The topological polar surface area (TPSA) is 41.1 Å². The van der Waals surface area contributed by atoms with Crippen LogP contribution in [0.5, 0.6) is 0 Å². The predicted octanol–water partition coefficient (Wildman–Crippen LogP) is -0.220. The zero-order valence-electron chi connectivity index (χ0n) is 5.86. The minimum absolute atomic E-state index is 0.0757. The summed E-state index contributed by atoms with van der Waals surface area (Å²) in [7, 11) is 0. The number of carbonyl (C=O) groups excluding carboxylic acids is 1. The Balaban J connectivity index is 2.39. The van der Waals surface area contributed by atoms with Crippen molar-refractivity contribution in [1.29, 1.82) is 0 Å². The maximum Gasteiger partial charge on any atom is 0.222 e. The number of hydrogen-bond donors (Lipinski definition) is 2. The molecular formula is C6H11FN2O. The minimum atomic E-state index is -0.953. The van der Waals surface area contributed by atoms with Gasteiger partial charge in [0.1, 0.15) is 6.17 Å². The van der Waals surface area contributed by atoms with Gasteiger partial charge in [0.05, 0.1) is 6.67 Å². The fourth-order valence-electron chi connectivity index (χ4n) is 0.950. The van der Waals surface area contributed by atoms with Crippen molar-refractivity contribution in [3.05, 3.63) is 0 Å². The van der Waals surface area contributed by atoms with Gasteiger partial charge in [-0.15, -0.1) is 0 Å². The Morgan fingerprint density at radius 3 is 2.90 bits per heavy atom. The van der Waals surface area contributed by atoms with Gasteiger partial charge in [-0.1, -0.05) is 0 Å². The third kappa shape index (κ3) is 1.67. The molecule has 2 atom stereocenters. The van der Waals surface area contributed by atoms with E-state index in [0.29, 0.717) is 6.67 Å². The molecule has 1 rings (SSSR count). The number of alkyl halides is 1. The van der Waals surface area contributed by atoms with E-state index in [4.69, 9.17) is 0 Å². The maximum atomic E-state index is 12.5. The highest BCUT2D eigenvalue weighted by Gasteiger charge is 2.22. The average molecular weight is 146 g/mol. The molecule has 1 aliphatic heterocycles. The van der Waals surface area contributed by atoms with Gasteiger partial charge < -0.3 is 5.32 Å². The van der Waals surface area contributed by atoms with Crippen LogP contribution in [0.3, 0.4) is 0 Å². The van der Waals surface area contributed by atoms with Gasteiger partial charge in [0.2, 0.25) is 5.91 Å². The monoisotopic (exact) mass is 146 g/mol. The molecule has 3 nitrogen and oxygen atoms in total. The number of rotatable bonds is 1. The van der Waals surface area contributed by atoms with Gasteiger partial charge in [-0.05, 0) is 6.92 Å². The van der Waals surface area contributed by atoms with Crippen molar-refractivity contribution in [2.45, 2.75) is 25.6 Å². The lowest BCUT2D eigenvalue weighted by atomic mass is 10.1. The van der Waals surface area contributed by atoms with Crippen molar-refractivity contribution < 1.29 is 9.18 Å². The third-order valence-electron chi connectivity index (χ3n) is 1.61. The zero-order valence-corrected chi connectivity index (χ0v) is 5.86. The molecule has 0 aromatic heterocycles. The molecule has 4 heteroatoms. The summed E-state index contributed by atoms with van der Waals surface area (Å²) in [5.74, 6) is -0.0757. The Morgan fingerprint density at radius 1 is 1.80 bits per heavy atom. The normalized spacial score (nSPS) is 29.4. The summed E-state index contributed by atoms with van der Waals surface area (Å²) in [4.78, 5) is 10.7. The van der Waals surface area contributed by atoms with Crippen LogP contribution < -0.4 is 10.6 Å². The summed E-state index contributed by atoms with van der Waals surface area (Å²) >= 11 is 0. The number of amides is 1. The second-order valence-electron chi connectivity index (χ2n) is 2.47. The summed E-state index contributed by atoms with van der Waals surface area (Å²) < 4.78 is 12.5. The van der Waals surface area contributed by atoms with Crippen LogP contribution in [0.4, 0.5) is 4.39 Å². The molecule has 1 aliphatic rings. The Bertz CT molecular complexity index is 138. The summed E-state index contributed by atoms with van der Waals surface area (Å²) in [6.07, 6.45) is -0.705. The van der Waals surface area contributed by atoms with Crippen LogP contribution in [0.15, 0.2) is 0 Å². The van der Waals surface area contributed by atoms with Crippen molar-refractivity contribution in [2.75, 3.05) is 6.67 Å². The van der Waals surface area contributed by atoms with Crippen LogP contribution in [0.25, 0.3) is 0 Å². The Morgan fingerprint density at radius 2 is 2.50 bits per heavy atom. The van der Waals surface area contributed by atoms with Gasteiger partial charge in [-0.3, -0.25) is 10.1 Å². The molecule has 0 aromatic rings. The summed E-state index contributed by atoms with van der Waals surface area (Å²) in [5.41, 5.74) is 0. The summed E-state index contributed by atoms with van der Waals surface area (Å²) in [6, 6.07) is -0.297. The largest absolute Gasteiger partial charge is 0.343 e. The van der Waals surface area contributed by atoms with Crippen LogP contribution in [-0.2, 0) is 4.79 Å². The van der Waals surface area contributed by atoms with Crippen molar-refractivity contribution in [2.24, 2.45) is 0 Å². The van der Waals surface area contributed by atoms with Crippen LogP contribution in [0, 0.1) is 0 Å². The minimum Gasteiger partial charge on any atom is -0.343 e. The van der Waals surface area contributed by atoms with Crippen molar-refractivity contribution in [3.63, 3.8) is 0 Å². The van der Waals surface area contributed by atoms with E-state index >= 15 is 0 Å². The third-order valence-corrected chi connectivity index (χ3v) is 1.61. The van der Waals surface area contributed by atoms with E-state index in [1.807, 2.05) is 0 Å². The first kappa shape index (κ1) is 7.47. The Hall–Kier alpha value is -0.640. The molecule has 2 unspecified atom stereocenters. The highest BCUT2D eigenvalue weighted by molar-refractivity contribution is 5.77. The van der Waals surface area contributed by atoms with Crippen molar-refractivity contribution in [3.8, 4) is 0 Å². The second-order valence-corrected chi connectivity index (χ2v) is 2.47. The molecule has 0 radical (unpaired) electrons. The first-order valence-corrected chi connectivity index (χ1v) is 3.34. The molecule has 1 heterocycles. The first-order valence-electron chi connectivity index (χ1n) is 3.34. The lowest BCUT2D eigenvalue weighted by Crippen LogP contribution is -2.51. The van der Waals surface area contributed by atoms with Gasteiger partial charge in [0.15, 0.2) is 0 Å². The van der Waals surface area contributed by atoms with Crippen LogP contribution >= 0.6 is 0 Å². The smallest absolute Gasteiger partial charge is 0.222 e. The molecule has 58 valence electrons. The number of hydrogen-bond acceptors (Lipinski definition) is 2. The summed E-state index contributed by atoms with van der Waals surface area (Å²) in [6.45, 7) is 1.84. The average Bonchev–Trinajstić information content (AvgIpc) is 1.88. The van der Waals surface area contributed by atoms with Gasteiger partial charge >= 0.3 is 0 Å². The molecule has 2 N–H and O–H groups in total. The maximum absolute atomic E-state index is 12.5. The molecule has 0 saturated carbocycles. The number of carbonyl (C=O) groups is 1. The zero-order chi connectivity index (χ0) is 7.56. The standard InChI is InChI=1S/C6H11FN2O/c1-4(7)5-2-6(10)9-3-8-5/h4-5,8H,2-3H2,1H3,(H,9,10). The molecule has 0 spiro atoms. The molecule has 0 aliphatic carbocycles. The summed E-state index contributed by atoms with van der Waals surface area (Å²) in [5, 5.41) is 5.39. The predicted molar refractivity (Wildman–Crippen MR) is 35.1 cm³/mol. The number of nitrogens with one attached hydrogen (secondary N) is 2. The molecule has 0 aromatic carbocycles. The van der Waals surface area contributed by atoms with Crippen molar-refractivity contribution >= 4 is 5.91 Å². The molecule has 10 heavy (non-hydrogen) atoms. The fourth-order valence-corrected chi connectivity index (χ4v) is 0.950.